The third-order valence-corrected chi connectivity index (χ3v) is 3.67. The number of carbonyl (C=O) groups is 1. The highest BCUT2D eigenvalue weighted by Gasteiger charge is 2.01. The summed E-state index contributed by atoms with van der Waals surface area (Å²) in [5.41, 5.74) is 0.486. The van der Waals surface area contributed by atoms with Crippen molar-refractivity contribution in [1.82, 2.24) is 0 Å². The van der Waals surface area contributed by atoms with Crippen LogP contribution in [-0.4, -0.2) is 17.9 Å². The molecule has 0 heterocycles. The van der Waals surface area contributed by atoms with Gasteiger partial charge in [0, 0.05) is 10.9 Å². The Morgan fingerprint density at radius 2 is 1.32 bits per heavy atom. The molecule has 0 rings (SSSR count). The molecule has 0 aromatic carbocycles. The van der Waals surface area contributed by atoms with Gasteiger partial charge in [0.1, 0.15) is 0 Å². The first-order chi connectivity index (χ1) is 9.18. The van der Waals surface area contributed by atoms with E-state index in [0.29, 0.717) is 12.2 Å². The maximum atomic E-state index is 11.1. The van der Waals surface area contributed by atoms with E-state index in [2.05, 4.69) is 22.5 Å². The van der Waals surface area contributed by atoms with Gasteiger partial charge in [-0.15, -0.1) is 0 Å². The first-order valence-electron chi connectivity index (χ1n) is 7.57. The van der Waals surface area contributed by atoms with Crippen LogP contribution in [0.2, 0.25) is 0 Å². The van der Waals surface area contributed by atoms with E-state index in [0.717, 1.165) is 18.2 Å². The van der Waals surface area contributed by atoms with Gasteiger partial charge >= 0.3 is 5.97 Å². The maximum absolute atomic E-state index is 11.1. The third-order valence-electron chi connectivity index (χ3n) is 3.11. The molecule has 0 fully saturated rings. The molecule has 0 unspecified atom stereocenters. The molecule has 0 aliphatic rings. The zero-order valence-corrected chi connectivity index (χ0v) is 14.0. The maximum Gasteiger partial charge on any atom is 0.333 e. The molecule has 0 aromatic rings. The zero-order chi connectivity index (χ0) is 14.3. The van der Waals surface area contributed by atoms with Gasteiger partial charge in [-0.2, -0.15) is 0 Å². The van der Waals surface area contributed by atoms with Crippen LogP contribution in [0.4, 0.5) is 0 Å². The second-order valence-electron chi connectivity index (χ2n) is 5.14. The van der Waals surface area contributed by atoms with Gasteiger partial charge in [-0.05, 0) is 19.8 Å². The van der Waals surface area contributed by atoms with Crippen molar-refractivity contribution in [3.8, 4) is 0 Å². The quantitative estimate of drug-likeness (QED) is 0.195. The van der Waals surface area contributed by atoms with Crippen molar-refractivity contribution >= 4 is 21.9 Å². The number of carbonyl (C=O) groups excluding carboxylic acids is 1. The number of hydrogen-bond donors (Lipinski definition) is 0. The SMILES string of the molecule is C=C(C)C(=O)OCCCCCCCCCCCCBr. The van der Waals surface area contributed by atoms with Crippen molar-refractivity contribution < 1.29 is 9.53 Å². The number of rotatable bonds is 13. The van der Waals surface area contributed by atoms with E-state index >= 15 is 0 Å². The Bertz CT molecular complexity index is 239. The van der Waals surface area contributed by atoms with Crippen molar-refractivity contribution in [2.75, 3.05) is 11.9 Å². The second-order valence-corrected chi connectivity index (χ2v) is 5.93. The highest BCUT2D eigenvalue weighted by molar-refractivity contribution is 9.09. The van der Waals surface area contributed by atoms with Crippen LogP contribution < -0.4 is 0 Å². The summed E-state index contributed by atoms with van der Waals surface area (Å²) >= 11 is 3.45. The summed E-state index contributed by atoms with van der Waals surface area (Å²) in [6.07, 6.45) is 12.8. The highest BCUT2D eigenvalue weighted by atomic mass is 79.9. The lowest BCUT2D eigenvalue weighted by molar-refractivity contribution is -0.139. The number of halogens is 1. The summed E-state index contributed by atoms with van der Waals surface area (Å²) in [5, 5.41) is 1.14. The average Bonchev–Trinajstić information content (AvgIpc) is 2.39. The van der Waals surface area contributed by atoms with Crippen LogP contribution in [0.5, 0.6) is 0 Å². The van der Waals surface area contributed by atoms with Gasteiger partial charge in [-0.25, -0.2) is 4.79 Å². The first-order valence-corrected chi connectivity index (χ1v) is 8.69. The van der Waals surface area contributed by atoms with Crippen molar-refractivity contribution in [1.29, 1.82) is 0 Å². The Morgan fingerprint density at radius 3 is 1.74 bits per heavy atom. The first kappa shape index (κ1) is 18.7. The van der Waals surface area contributed by atoms with E-state index in [4.69, 9.17) is 4.74 Å². The zero-order valence-electron chi connectivity index (χ0n) is 12.4. The Balaban J connectivity index is 3.07. The molecule has 0 aliphatic heterocycles. The average molecular weight is 333 g/mol. The molecule has 0 saturated carbocycles. The lowest BCUT2D eigenvalue weighted by Crippen LogP contribution is -2.05. The second kappa shape index (κ2) is 14.1. The van der Waals surface area contributed by atoms with E-state index in [-0.39, 0.29) is 5.97 Å². The van der Waals surface area contributed by atoms with Crippen LogP contribution >= 0.6 is 15.9 Å². The van der Waals surface area contributed by atoms with Crippen LogP contribution in [0, 0.1) is 0 Å². The number of ether oxygens (including phenoxy) is 1. The fourth-order valence-electron chi connectivity index (χ4n) is 1.90. The van der Waals surface area contributed by atoms with Crippen LogP contribution in [0.25, 0.3) is 0 Å². The minimum absolute atomic E-state index is 0.261. The minimum Gasteiger partial charge on any atom is -0.462 e. The fraction of sp³-hybridized carbons (Fsp3) is 0.812. The van der Waals surface area contributed by atoms with Crippen molar-refractivity contribution in [3.63, 3.8) is 0 Å². The number of alkyl halides is 1. The summed E-state index contributed by atoms with van der Waals surface area (Å²) in [5.74, 6) is -0.261. The van der Waals surface area contributed by atoms with Gasteiger partial charge in [-0.1, -0.05) is 73.9 Å². The smallest absolute Gasteiger partial charge is 0.333 e. The molecule has 0 aromatic heterocycles. The minimum atomic E-state index is -0.261. The highest BCUT2D eigenvalue weighted by Crippen LogP contribution is 2.11. The topological polar surface area (TPSA) is 26.3 Å². The number of esters is 1. The van der Waals surface area contributed by atoms with Gasteiger partial charge < -0.3 is 4.74 Å². The van der Waals surface area contributed by atoms with E-state index in [9.17, 15) is 4.79 Å². The summed E-state index contributed by atoms with van der Waals surface area (Å²) in [6.45, 7) is 5.77. The molecule has 0 radical (unpaired) electrons. The summed E-state index contributed by atoms with van der Waals surface area (Å²) in [4.78, 5) is 11.1. The van der Waals surface area contributed by atoms with Gasteiger partial charge in [0.05, 0.1) is 6.61 Å². The Hall–Kier alpha value is -0.310. The van der Waals surface area contributed by atoms with Crippen molar-refractivity contribution in [2.45, 2.75) is 71.1 Å². The molecule has 0 N–H and O–H groups in total. The molecule has 0 aliphatic carbocycles. The molecule has 0 bridgehead atoms. The summed E-state index contributed by atoms with van der Waals surface area (Å²) in [6, 6.07) is 0. The predicted octanol–water partition coefficient (Wildman–Crippen LogP) is 5.40. The monoisotopic (exact) mass is 332 g/mol. The molecular formula is C16H29BrO2. The summed E-state index contributed by atoms with van der Waals surface area (Å²) in [7, 11) is 0. The molecule has 112 valence electrons. The van der Waals surface area contributed by atoms with Gasteiger partial charge in [0.25, 0.3) is 0 Å². The Kier molecular flexibility index (Phi) is 13.9. The van der Waals surface area contributed by atoms with Crippen molar-refractivity contribution in [3.05, 3.63) is 12.2 Å². The van der Waals surface area contributed by atoms with Gasteiger partial charge in [-0.3, -0.25) is 0 Å². The fourth-order valence-corrected chi connectivity index (χ4v) is 2.30. The Labute approximate surface area is 127 Å². The standard InChI is InChI=1S/C16H29BrO2/c1-15(2)16(18)19-14-12-10-8-6-4-3-5-7-9-11-13-17/h1,3-14H2,2H3. The van der Waals surface area contributed by atoms with Crippen LogP contribution in [-0.2, 0) is 9.53 Å². The molecule has 19 heavy (non-hydrogen) atoms. The molecule has 3 heteroatoms. The van der Waals surface area contributed by atoms with Gasteiger partial charge in [0.2, 0.25) is 0 Å². The van der Waals surface area contributed by atoms with E-state index < -0.39 is 0 Å². The molecule has 0 amide bonds. The number of hydrogen-bond acceptors (Lipinski definition) is 2. The van der Waals surface area contributed by atoms with Gasteiger partial charge in [0.15, 0.2) is 0 Å². The lowest BCUT2D eigenvalue weighted by atomic mass is 10.1. The van der Waals surface area contributed by atoms with Crippen LogP contribution in [0.1, 0.15) is 71.1 Å². The lowest BCUT2D eigenvalue weighted by Gasteiger charge is -2.04. The van der Waals surface area contributed by atoms with E-state index in [1.807, 2.05) is 0 Å². The molecule has 0 atom stereocenters. The molecule has 2 nitrogen and oxygen atoms in total. The molecule has 0 spiro atoms. The predicted molar refractivity (Wildman–Crippen MR) is 85.7 cm³/mol. The largest absolute Gasteiger partial charge is 0.462 e. The van der Waals surface area contributed by atoms with E-state index in [1.54, 1.807) is 6.92 Å². The third kappa shape index (κ3) is 13.9. The van der Waals surface area contributed by atoms with Crippen LogP contribution in [0.15, 0.2) is 12.2 Å². The van der Waals surface area contributed by atoms with Crippen molar-refractivity contribution in [2.24, 2.45) is 0 Å². The summed E-state index contributed by atoms with van der Waals surface area (Å²) < 4.78 is 5.04. The molecule has 0 saturated heterocycles. The number of unbranched alkanes of at least 4 members (excludes halogenated alkanes) is 9. The normalized spacial score (nSPS) is 10.4. The van der Waals surface area contributed by atoms with Crippen LogP contribution in [0.3, 0.4) is 0 Å². The molecular weight excluding hydrogens is 304 g/mol. The Morgan fingerprint density at radius 1 is 0.895 bits per heavy atom. The van der Waals surface area contributed by atoms with E-state index in [1.165, 1.54) is 51.4 Å².